The van der Waals surface area contributed by atoms with E-state index >= 15 is 0 Å². The fourth-order valence-corrected chi connectivity index (χ4v) is 3.33. The van der Waals surface area contributed by atoms with Crippen molar-refractivity contribution in [2.75, 3.05) is 19.6 Å². The molecule has 2 heterocycles. The van der Waals surface area contributed by atoms with Crippen molar-refractivity contribution in [2.45, 2.75) is 45.2 Å². The molecule has 0 radical (unpaired) electrons. The Hall–Kier alpha value is -0.380. The van der Waals surface area contributed by atoms with Crippen LogP contribution in [0.2, 0.25) is 0 Å². The van der Waals surface area contributed by atoms with Crippen molar-refractivity contribution < 1.29 is 0 Å². The Kier molecular flexibility index (Phi) is 5.01. The molecule has 0 aromatic carbocycles. The second-order valence-corrected chi connectivity index (χ2v) is 6.11. The summed E-state index contributed by atoms with van der Waals surface area (Å²) in [5, 5.41) is 5.78. The first-order valence-corrected chi connectivity index (χ1v) is 7.67. The summed E-state index contributed by atoms with van der Waals surface area (Å²) in [6, 6.07) is 5.80. The van der Waals surface area contributed by atoms with Gasteiger partial charge in [-0.1, -0.05) is 19.4 Å². The summed E-state index contributed by atoms with van der Waals surface area (Å²) >= 11 is 1.88. The number of nitrogens with one attached hydrogen (secondary N) is 1. The van der Waals surface area contributed by atoms with Gasteiger partial charge in [-0.25, -0.2) is 0 Å². The highest BCUT2D eigenvalue weighted by Crippen LogP contribution is 2.15. The van der Waals surface area contributed by atoms with Crippen LogP contribution in [0.15, 0.2) is 17.5 Å². The van der Waals surface area contributed by atoms with E-state index in [0.29, 0.717) is 6.04 Å². The number of hydrogen-bond donors (Lipinski definition) is 1. The normalized spacial score (nSPS) is 26.2. The lowest BCUT2D eigenvalue weighted by Gasteiger charge is -2.39. The number of thiophene rings is 1. The van der Waals surface area contributed by atoms with Crippen molar-refractivity contribution in [3.05, 3.63) is 22.4 Å². The second-order valence-electron chi connectivity index (χ2n) is 5.08. The molecule has 2 unspecified atom stereocenters. The van der Waals surface area contributed by atoms with Gasteiger partial charge in [0.05, 0.1) is 0 Å². The maximum absolute atomic E-state index is 3.60. The minimum atomic E-state index is 0.645. The largest absolute Gasteiger partial charge is 0.311 e. The van der Waals surface area contributed by atoms with Gasteiger partial charge >= 0.3 is 0 Å². The lowest BCUT2D eigenvalue weighted by molar-refractivity contribution is 0.129. The summed E-state index contributed by atoms with van der Waals surface area (Å²) < 4.78 is 0. The topological polar surface area (TPSA) is 15.3 Å². The molecule has 0 bridgehead atoms. The number of rotatable bonds is 5. The lowest BCUT2D eigenvalue weighted by Crippen LogP contribution is -2.55. The molecule has 1 N–H and O–H groups in total. The Labute approximate surface area is 109 Å². The van der Waals surface area contributed by atoms with E-state index in [-0.39, 0.29) is 0 Å². The van der Waals surface area contributed by atoms with E-state index in [1.807, 2.05) is 11.3 Å². The lowest BCUT2D eigenvalue weighted by atomic mass is 10.0. The van der Waals surface area contributed by atoms with Gasteiger partial charge in [0.25, 0.3) is 0 Å². The number of hydrogen-bond acceptors (Lipinski definition) is 3. The van der Waals surface area contributed by atoms with Crippen LogP contribution in [0, 0.1) is 0 Å². The Morgan fingerprint density at radius 1 is 1.53 bits per heavy atom. The molecule has 3 heteroatoms. The van der Waals surface area contributed by atoms with Gasteiger partial charge in [-0.15, -0.1) is 11.3 Å². The third-order valence-corrected chi connectivity index (χ3v) is 4.51. The zero-order chi connectivity index (χ0) is 12.1. The maximum Gasteiger partial charge on any atom is 0.0221 e. The molecule has 1 aliphatic rings. The Bertz CT molecular complexity index is 310. The van der Waals surface area contributed by atoms with Crippen LogP contribution in [0.25, 0.3) is 0 Å². The molecule has 1 aromatic heterocycles. The minimum Gasteiger partial charge on any atom is -0.311 e. The molecule has 0 saturated carbocycles. The van der Waals surface area contributed by atoms with Crippen molar-refractivity contribution in [1.29, 1.82) is 0 Å². The van der Waals surface area contributed by atoms with E-state index in [9.17, 15) is 0 Å². The van der Waals surface area contributed by atoms with Crippen LogP contribution >= 0.6 is 11.3 Å². The first-order valence-electron chi connectivity index (χ1n) is 6.79. The van der Waals surface area contributed by atoms with Crippen LogP contribution in [0.1, 0.15) is 31.6 Å². The average Bonchev–Trinajstić information content (AvgIpc) is 2.82. The first-order chi connectivity index (χ1) is 8.29. The molecule has 2 rings (SSSR count). The zero-order valence-corrected chi connectivity index (χ0v) is 11.8. The van der Waals surface area contributed by atoms with Crippen LogP contribution < -0.4 is 5.32 Å². The van der Waals surface area contributed by atoms with Crippen molar-refractivity contribution >= 4 is 11.3 Å². The Morgan fingerprint density at radius 3 is 3.12 bits per heavy atom. The van der Waals surface area contributed by atoms with Crippen LogP contribution in [0.5, 0.6) is 0 Å². The zero-order valence-electron chi connectivity index (χ0n) is 11.0. The molecule has 0 spiro atoms. The van der Waals surface area contributed by atoms with Crippen LogP contribution in [-0.2, 0) is 6.42 Å². The third kappa shape index (κ3) is 3.80. The molecule has 96 valence electrons. The van der Waals surface area contributed by atoms with E-state index in [2.05, 4.69) is 41.6 Å². The third-order valence-electron chi connectivity index (χ3n) is 3.57. The SMILES string of the molecule is CCCC1CNC(C)CN1CCc1cccs1. The minimum absolute atomic E-state index is 0.645. The summed E-state index contributed by atoms with van der Waals surface area (Å²) in [6.07, 6.45) is 3.82. The Morgan fingerprint density at radius 2 is 2.41 bits per heavy atom. The molecule has 1 saturated heterocycles. The highest BCUT2D eigenvalue weighted by molar-refractivity contribution is 7.09. The summed E-state index contributed by atoms with van der Waals surface area (Å²) in [5.41, 5.74) is 0. The molecule has 0 amide bonds. The highest BCUT2D eigenvalue weighted by Gasteiger charge is 2.24. The van der Waals surface area contributed by atoms with Crippen LogP contribution in [-0.4, -0.2) is 36.6 Å². The van der Waals surface area contributed by atoms with Gasteiger partial charge in [-0.2, -0.15) is 0 Å². The van der Waals surface area contributed by atoms with E-state index in [1.165, 1.54) is 43.8 Å². The fourth-order valence-electron chi connectivity index (χ4n) is 2.63. The van der Waals surface area contributed by atoms with E-state index in [1.54, 1.807) is 0 Å². The second kappa shape index (κ2) is 6.53. The van der Waals surface area contributed by atoms with Crippen molar-refractivity contribution in [3.8, 4) is 0 Å². The van der Waals surface area contributed by atoms with Gasteiger partial charge < -0.3 is 5.32 Å². The van der Waals surface area contributed by atoms with Gasteiger partial charge in [-0.3, -0.25) is 4.90 Å². The van der Waals surface area contributed by atoms with Gasteiger partial charge in [0, 0.05) is 36.6 Å². The summed E-state index contributed by atoms with van der Waals surface area (Å²) in [5.74, 6) is 0. The molecule has 17 heavy (non-hydrogen) atoms. The van der Waals surface area contributed by atoms with Gasteiger partial charge in [0.2, 0.25) is 0 Å². The van der Waals surface area contributed by atoms with Crippen molar-refractivity contribution in [2.24, 2.45) is 0 Å². The summed E-state index contributed by atoms with van der Waals surface area (Å²) in [7, 11) is 0. The molecule has 2 nitrogen and oxygen atoms in total. The van der Waals surface area contributed by atoms with Gasteiger partial charge in [0.1, 0.15) is 0 Å². The predicted molar refractivity (Wildman–Crippen MR) is 75.8 cm³/mol. The van der Waals surface area contributed by atoms with Gasteiger partial charge in [0.15, 0.2) is 0 Å². The van der Waals surface area contributed by atoms with Crippen molar-refractivity contribution in [1.82, 2.24) is 10.2 Å². The molecular formula is C14H24N2S. The molecule has 1 aromatic rings. The van der Waals surface area contributed by atoms with E-state index in [0.717, 1.165) is 6.04 Å². The highest BCUT2D eigenvalue weighted by atomic mass is 32.1. The molecular weight excluding hydrogens is 228 g/mol. The summed E-state index contributed by atoms with van der Waals surface area (Å²) in [4.78, 5) is 4.20. The quantitative estimate of drug-likeness (QED) is 0.867. The van der Waals surface area contributed by atoms with E-state index < -0.39 is 0 Å². The average molecular weight is 252 g/mol. The number of piperazine rings is 1. The molecule has 0 aliphatic carbocycles. The van der Waals surface area contributed by atoms with Crippen LogP contribution in [0.4, 0.5) is 0 Å². The van der Waals surface area contributed by atoms with E-state index in [4.69, 9.17) is 0 Å². The summed E-state index contributed by atoms with van der Waals surface area (Å²) in [6.45, 7) is 8.17. The molecule has 1 aliphatic heterocycles. The number of nitrogens with zero attached hydrogens (tertiary/aromatic N) is 1. The molecule has 1 fully saturated rings. The monoisotopic (exact) mass is 252 g/mol. The smallest absolute Gasteiger partial charge is 0.0221 e. The fraction of sp³-hybridized carbons (Fsp3) is 0.714. The first kappa shape index (κ1) is 13.1. The Balaban J connectivity index is 1.86. The van der Waals surface area contributed by atoms with Crippen LogP contribution in [0.3, 0.4) is 0 Å². The van der Waals surface area contributed by atoms with Gasteiger partial charge in [-0.05, 0) is 31.2 Å². The standard InChI is InChI=1S/C14H24N2S/c1-3-5-13-10-15-12(2)11-16(13)8-7-14-6-4-9-17-14/h4,6,9,12-13,15H,3,5,7-8,10-11H2,1-2H3. The maximum atomic E-state index is 3.60. The predicted octanol–water partition coefficient (Wildman–Crippen LogP) is 2.75. The molecule has 2 atom stereocenters. The van der Waals surface area contributed by atoms with Crippen molar-refractivity contribution in [3.63, 3.8) is 0 Å².